The summed E-state index contributed by atoms with van der Waals surface area (Å²) in [6.07, 6.45) is 4.39. The molecule has 1 saturated heterocycles. The van der Waals surface area contributed by atoms with Gasteiger partial charge >= 0.3 is 0 Å². The number of rotatable bonds is 3. The van der Waals surface area contributed by atoms with Crippen molar-refractivity contribution >= 4 is 23.1 Å². The van der Waals surface area contributed by atoms with E-state index in [1.807, 2.05) is 12.1 Å². The van der Waals surface area contributed by atoms with E-state index in [0.717, 1.165) is 62.7 Å². The van der Waals surface area contributed by atoms with Gasteiger partial charge < -0.3 is 9.47 Å². The molecule has 0 aliphatic carbocycles. The van der Waals surface area contributed by atoms with Crippen LogP contribution in [0.1, 0.15) is 54.1 Å². The van der Waals surface area contributed by atoms with E-state index in [-0.39, 0.29) is 5.78 Å². The molecule has 4 rings (SSSR count). The topological polar surface area (TPSA) is 51.0 Å². The van der Waals surface area contributed by atoms with Gasteiger partial charge in [0.15, 0.2) is 5.78 Å². The summed E-state index contributed by atoms with van der Waals surface area (Å²) in [5.74, 6) is 2.60. The van der Waals surface area contributed by atoms with Gasteiger partial charge in [-0.2, -0.15) is 0 Å². The summed E-state index contributed by atoms with van der Waals surface area (Å²) >= 11 is 6.28. The number of aryl methyl sites for hydroxylation is 1. The standard InChI is InChI=1S/C18H21ClN4O/c1-12(24)17-14(19)6-2-7-15(17)22-9-3-5-13(11-22)18-21-20-16-8-4-10-23(16)18/h2,6-7,13H,3-5,8-11H2,1H3/t13-/m1/s1. The molecule has 5 nitrogen and oxygen atoms in total. The van der Waals surface area contributed by atoms with Crippen molar-refractivity contribution in [1.29, 1.82) is 0 Å². The normalized spacial score (nSPS) is 20.2. The highest BCUT2D eigenvalue weighted by Gasteiger charge is 2.29. The van der Waals surface area contributed by atoms with Crippen molar-refractivity contribution in [3.8, 4) is 0 Å². The van der Waals surface area contributed by atoms with Crippen LogP contribution < -0.4 is 4.90 Å². The second kappa shape index (κ2) is 6.20. The van der Waals surface area contributed by atoms with Crippen molar-refractivity contribution in [2.45, 2.75) is 45.1 Å². The van der Waals surface area contributed by atoms with Gasteiger partial charge in [-0.25, -0.2) is 0 Å². The van der Waals surface area contributed by atoms with Crippen molar-refractivity contribution in [1.82, 2.24) is 14.8 Å². The van der Waals surface area contributed by atoms with Crippen LogP contribution in [0.2, 0.25) is 5.02 Å². The van der Waals surface area contributed by atoms with Crippen molar-refractivity contribution in [3.05, 3.63) is 40.4 Å². The van der Waals surface area contributed by atoms with Gasteiger partial charge in [0, 0.05) is 37.7 Å². The Hall–Kier alpha value is -1.88. The highest BCUT2D eigenvalue weighted by Crippen LogP contribution is 2.34. The van der Waals surface area contributed by atoms with Gasteiger partial charge in [0.1, 0.15) is 11.6 Å². The zero-order chi connectivity index (χ0) is 16.7. The highest BCUT2D eigenvalue weighted by atomic mass is 35.5. The number of halogens is 1. The molecular weight excluding hydrogens is 324 g/mol. The van der Waals surface area contributed by atoms with Gasteiger partial charge in [0.25, 0.3) is 0 Å². The molecule has 0 radical (unpaired) electrons. The number of carbonyl (C=O) groups is 1. The van der Waals surface area contributed by atoms with Gasteiger partial charge in [-0.1, -0.05) is 17.7 Å². The molecule has 0 N–H and O–H groups in total. The number of ketones is 1. The van der Waals surface area contributed by atoms with Crippen LogP contribution in [-0.2, 0) is 13.0 Å². The first kappa shape index (κ1) is 15.6. The van der Waals surface area contributed by atoms with Crippen LogP contribution in [0, 0.1) is 0 Å². The summed E-state index contributed by atoms with van der Waals surface area (Å²) in [7, 11) is 0. The lowest BCUT2D eigenvalue weighted by Crippen LogP contribution is -2.36. The maximum Gasteiger partial charge on any atom is 0.163 e. The Kier molecular flexibility index (Phi) is 4.04. The first-order chi connectivity index (χ1) is 11.6. The molecule has 3 heterocycles. The third-order valence-corrected chi connectivity index (χ3v) is 5.42. The molecule has 1 aromatic heterocycles. The number of hydrogen-bond donors (Lipinski definition) is 0. The lowest BCUT2D eigenvalue weighted by molar-refractivity contribution is 0.101. The molecule has 1 atom stereocenters. The molecular formula is C18H21ClN4O. The maximum atomic E-state index is 12.1. The third kappa shape index (κ3) is 2.61. The molecule has 0 saturated carbocycles. The van der Waals surface area contributed by atoms with E-state index in [9.17, 15) is 4.79 Å². The smallest absolute Gasteiger partial charge is 0.163 e. The molecule has 1 aromatic carbocycles. The number of piperidine rings is 1. The number of aromatic nitrogens is 3. The number of carbonyl (C=O) groups excluding carboxylic acids is 1. The van der Waals surface area contributed by atoms with Gasteiger partial charge in [-0.05, 0) is 38.3 Å². The van der Waals surface area contributed by atoms with Crippen LogP contribution in [-0.4, -0.2) is 33.6 Å². The Bertz CT molecular complexity index is 785. The molecule has 126 valence electrons. The van der Waals surface area contributed by atoms with Crippen molar-refractivity contribution in [2.24, 2.45) is 0 Å². The second-order valence-electron chi connectivity index (χ2n) is 6.70. The SMILES string of the molecule is CC(=O)c1c(Cl)cccc1N1CCC[C@@H](c2nnc3n2CCC3)C1. The minimum atomic E-state index is 0.0149. The Labute approximate surface area is 146 Å². The fraction of sp³-hybridized carbons (Fsp3) is 0.500. The number of hydrogen-bond acceptors (Lipinski definition) is 4. The van der Waals surface area contributed by atoms with Crippen molar-refractivity contribution in [3.63, 3.8) is 0 Å². The first-order valence-corrected chi connectivity index (χ1v) is 8.99. The van der Waals surface area contributed by atoms with Gasteiger partial charge in [0.05, 0.1) is 10.6 Å². The lowest BCUT2D eigenvalue weighted by Gasteiger charge is -2.35. The molecule has 24 heavy (non-hydrogen) atoms. The predicted octanol–water partition coefficient (Wildman–Crippen LogP) is 3.46. The van der Waals surface area contributed by atoms with Gasteiger partial charge in [-0.3, -0.25) is 4.79 Å². The lowest BCUT2D eigenvalue weighted by atomic mass is 9.95. The first-order valence-electron chi connectivity index (χ1n) is 8.61. The average Bonchev–Trinajstić information content (AvgIpc) is 3.17. The van der Waals surface area contributed by atoms with E-state index < -0.39 is 0 Å². The number of anilines is 1. The van der Waals surface area contributed by atoms with E-state index in [1.165, 1.54) is 0 Å². The van der Waals surface area contributed by atoms with Crippen LogP contribution in [0.4, 0.5) is 5.69 Å². The van der Waals surface area contributed by atoms with Crippen LogP contribution >= 0.6 is 11.6 Å². The van der Waals surface area contributed by atoms with E-state index in [4.69, 9.17) is 11.6 Å². The number of Topliss-reactive ketones (excluding diaryl/α,β-unsaturated/α-hetero) is 1. The van der Waals surface area contributed by atoms with Crippen molar-refractivity contribution < 1.29 is 4.79 Å². The number of benzene rings is 1. The molecule has 1 fully saturated rings. The molecule has 0 unspecified atom stereocenters. The fourth-order valence-corrected chi connectivity index (χ4v) is 4.31. The predicted molar refractivity (Wildman–Crippen MR) is 94.0 cm³/mol. The molecule has 2 aliphatic heterocycles. The number of fused-ring (bicyclic) bond motifs is 1. The minimum Gasteiger partial charge on any atom is -0.370 e. The molecule has 6 heteroatoms. The van der Waals surface area contributed by atoms with Crippen LogP contribution in [0.5, 0.6) is 0 Å². The maximum absolute atomic E-state index is 12.1. The fourth-order valence-electron chi connectivity index (χ4n) is 4.01. The summed E-state index contributed by atoms with van der Waals surface area (Å²) in [6.45, 7) is 4.42. The summed E-state index contributed by atoms with van der Waals surface area (Å²) in [5, 5.41) is 9.34. The summed E-state index contributed by atoms with van der Waals surface area (Å²) in [6, 6.07) is 5.70. The Morgan fingerprint density at radius 3 is 2.96 bits per heavy atom. The largest absolute Gasteiger partial charge is 0.370 e. The summed E-state index contributed by atoms with van der Waals surface area (Å²) in [5.41, 5.74) is 1.58. The Balaban J connectivity index is 1.64. The zero-order valence-electron chi connectivity index (χ0n) is 13.8. The third-order valence-electron chi connectivity index (χ3n) is 5.11. The van der Waals surface area contributed by atoms with E-state index in [0.29, 0.717) is 16.5 Å². The van der Waals surface area contributed by atoms with Crippen LogP contribution in [0.15, 0.2) is 18.2 Å². The van der Waals surface area contributed by atoms with E-state index >= 15 is 0 Å². The average molecular weight is 345 g/mol. The highest BCUT2D eigenvalue weighted by molar-refractivity contribution is 6.34. The number of nitrogens with zero attached hydrogens (tertiary/aromatic N) is 4. The van der Waals surface area contributed by atoms with Crippen molar-refractivity contribution in [2.75, 3.05) is 18.0 Å². The molecule has 0 amide bonds. The second-order valence-corrected chi connectivity index (χ2v) is 7.11. The van der Waals surface area contributed by atoms with Crippen LogP contribution in [0.25, 0.3) is 0 Å². The molecule has 2 aromatic rings. The van der Waals surface area contributed by atoms with Crippen LogP contribution in [0.3, 0.4) is 0 Å². The molecule has 0 bridgehead atoms. The molecule has 0 spiro atoms. The minimum absolute atomic E-state index is 0.0149. The summed E-state index contributed by atoms with van der Waals surface area (Å²) < 4.78 is 2.29. The quantitative estimate of drug-likeness (QED) is 0.800. The summed E-state index contributed by atoms with van der Waals surface area (Å²) in [4.78, 5) is 14.3. The van der Waals surface area contributed by atoms with Gasteiger partial charge in [0.2, 0.25) is 0 Å². The Morgan fingerprint density at radius 1 is 1.25 bits per heavy atom. The molecule has 2 aliphatic rings. The monoisotopic (exact) mass is 344 g/mol. The van der Waals surface area contributed by atoms with Gasteiger partial charge in [-0.15, -0.1) is 10.2 Å². The van der Waals surface area contributed by atoms with E-state index in [2.05, 4.69) is 19.7 Å². The van der Waals surface area contributed by atoms with E-state index in [1.54, 1.807) is 13.0 Å². The Morgan fingerprint density at radius 2 is 2.12 bits per heavy atom. The zero-order valence-corrected chi connectivity index (χ0v) is 14.6.